The zero-order chi connectivity index (χ0) is 25.4. The van der Waals surface area contributed by atoms with Crippen LogP contribution in [0.3, 0.4) is 0 Å². The van der Waals surface area contributed by atoms with Crippen molar-refractivity contribution in [2.45, 2.75) is 19.9 Å². The number of carbonyl (C=O) groups is 1. The van der Waals surface area contributed by atoms with Crippen LogP contribution in [0.1, 0.15) is 31.0 Å². The van der Waals surface area contributed by atoms with Crippen molar-refractivity contribution in [3.8, 4) is 5.75 Å². The number of hydrogen-bond donors (Lipinski definition) is 1. The number of nitro groups is 1. The molecule has 0 saturated heterocycles. The van der Waals surface area contributed by atoms with Crippen molar-refractivity contribution in [1.82, 2.24) is 4.57 Å². The Labute approximate surface area is 215 Å². The van der Waals surface area contributed by atoms with Gasteiger partial charge >= 0.3 is 5.97 Å². The molecular weight excluding hydrogens is 562 g/mol. The van der Waals surface area contributed by atoms with Crippen LogP contribution in [0.5, 0.6) is 5.75 Å². The first-order valence-corrected chi connectivity index (χ1v) is 12.2. The third-order valence-electron chi connectivity index (χ3n) is 5.28. The lowest BCUT2D eigenvalue weighted by Crippen LogP contribution is -2.39. The number of non-ortho nitro benzene ring substituents is 1. The van der Waals surface area contributed by atoms with Gasteiger partial charge in [0.2, 0.25) is 0 Å². The quantitative estimate of drug-likeness (QED) is 0.279. The smallest absolute Gasteiger partial charge is 0.338 e. The number of esters is 1. The average Bonchev–Trinajstić information content (AvgIpc) is 3.10. The van der Waals surface area contributed by atoms with Crippen molar-refractivity contribution in [3.05, 3.63) is 98.1 Å². The van der Waals surface area contributed by atoms with Crippen LogP contribution < -0.4 is 14.9 Å². The molecule has 3 aromatic rings. The van der Waals surface area contributed by atoms with Gasteiger partial charge in [0.1, 0.15) is 5.75 Å². The molecule has 9 nitrogen and oxygen atoms in total. The van der Waals surface area contributed by atoms with Crippen LogP contribution in [0.2, 0.25) is 5.02 Å². The Morgan fingerprint density at radius 1 is 1.37 bits per heavy atom. The molecular formula is C23H17BrClN3O6S. The molecule has 4 rings (SSSR count). The van der Waals surface area contributed by atoms with Gasteiger partial charge in [0.15, 0.2) is 4.80 Å². The third kappa shape index (κ3) is 4.66. The Morgan fingerprint density at radius 3 is 2.69 bits per heavy atom. The van der Waals surface area contributed by atoms with Gasteiger partial charge in [-0.15, -0.1) is 0 Å². The summed E-state index contributed by atoms with van der Waals surface area (Å²) in [7, 11) is 0. The standard InChI is InChI=1S/C23H17BrClN3O6S/c1-3-34-22(31)18-11(2)26-23-27(19(18)12-4-6-14(25)7-5-12)21(30)17(35-23)9-13-8-15(28(32)33)10-16(24)20(13)29/h4-10,19,29H,3H2,1-2H3/b17-9-/t19-/m1/s1. The number of nitrogens with zero attached hydrogens (tertiary/aromatic N) is 3. The Kier molecular flexibility index (Phi) is 6.93. The molecule has 0 saturated carbocycles. The molecule has 35 heavy (non-hydrogen) atoms. The molecule has 0 bridgehead atoms. The van der Waals surface area contributed by atoms with Gasteiger partial charge in [-0.2, -0.15) is 0 Å². The SMILES string of the molecule is CCOC(=O)C1=C(C)N=c2s/c(=C\c3cc([N+](=O)[O-])cc(Br)c3O)c(=O)n2[C@@H]1c1ccc(Cl)cc1. The highest BCUT2D eigenvalue weighted by Gasteiger charge is 2.33. The van der Waals surface area contributed by atoms with Crippen LogP contribution in [-0.4, -0.2) is 27.2 Å². The van der Waals surface area contributed by atoms with E-state index in [1.54, 1.807) is 38.1 Å². The third-order valence-corrected chi connectivity index (χ3v) is 7.12. The summed E-state index contributed by atoms with van der Waals surface area (Å²) in [6.45, 7) is 3.49. The van der Waals surface area contributed by atoms with Crippen molar-refractivity contribution >= 4 is 56.6 Å². The molecule has 0 fully saturated rings. The summed E-state index contributed by atoms with van der Waals surface area (Å²) in [5.41, 5.74) is 0.588. The van der Waals surface area contributed by atoms with E-state index in [1.165, 1.54) is 22.8 Å². The van der Waals surface area contributed by atoms with Crippen LogP contribution >= 0.6 is 38.9 Å². The maximum atomic E-state index is 13.6. The number of rotatable bonds is 5. The second-order valence-electron chi connectivity index (χ2n) is 7.48. The lowest BCUT2D eigenvalue weighted by molar-refractivity contribution is -0.385. The zero-order valence-corrected chi connectivity index (χ0v) is 21.5. The summed E-state index contributed by atoms with van der Waals surface area (Å²) < 4.78 is 6.91. The largest absolute Gasteiger partial charge is 0.506 e. The molecule has 12 heteroatoms. The summed E-state index contributed by atoms with van der Waals surface area (Å²) in [5.74, 6) is -0.845. The van der Waals surface area contributed by atoms with Gasteiger partial charge in [0.25, 0.3) is 11.2 Å². The number of thiazole rings is 1. The predicted octanol–water partition coefficient (Wildman–Crippen LogP) is 3.83. The predicted molar refractivity (Wildman–Crippen MR) is 134 cm³/mol. The van der Waals surface area contributed by atoms with Gasteiger partial charge < -0.3 is 9.84 Å². The van der Waals surface area contributed by atoms with Crippen molar-refractivity contribution < 1.29 is 19.6 Å². The summed E-state index contributed by atoms with van der Waals surface area (Å²) in [6, 6.07) is 8.26. The molecule has 1 atom stereocenters. The van der Waals surface area contributed by atoms with E-state index in [2.05, 4.69) is 20.9 Å². The maximum Gasteiger partial charge on any atom is 0.338 e. The van der Waals surface area contributed by atoms with Gasteiger partial charge in [-0.1, -0.05) is 35.1 Å². The first-order chi connectivity index (χ1) is 16.6. The van der Waals surface area contributed by atoms with E-state index in [0.717, 1.165) is 11.3 Å². The number of phenolic OH excluding ortho intramolecular Hbond substituents is 1. The Bertz CT molecular complexity index is 1580. The Morgan fingerprint density at radius 2 is 2.06 bits per heavy atom. The van der Waals surface area contributed by atoms with Crippen LogP contribution in [0.15, 0.2) is 61.9 Å². The number of nitro benzene ring substituents is 1. The summed E-state index contributed by atoms with van der Waals surface area (Å²) in [6.07, 6.45) is 1.36. The van der Waals surface area contributed by atoms with Gasteiger partial charge in [-0.05, 0) is 53.5 Å². The summed E-state index contributed by atoms with van der Waals surface area (Å²) >= 11 is 10.2. The van der Waals surface area contributed by atoms with Crippen molar-refractivity contribution in [2.75, 3.05) is 6.61 Å². The minimum Gasteiger partial charge on any atom is -0.506 e. The zero-order valence-electron chi connectivity index (χ0n) is 18.3. The maximum absolute atomic E-state index is 13.6. The average molecular weight is 579 g/mol. The van der Waals surface area contributed by atoms with Gasteiger partial charge in [-0.25, -0.2) is 9.79 Å². The first-order valence-electron chi connectivity index (χ1n) is 10.2. The molecule has 2 aromatic carbocycles. The van der Waals surface area contributed by atoms with Gasteiger partial charge in [-0.3, -0.25) is 19.5 Å². The first kappa shape index (κ1) is 24.8. The van der Waals surface area contributed by atoms with E-state index in [9.17, 15) is 24.8 Å². The van der Waals surface area contributed by atoms with Gasteiger partial charge in [0.05, 0.1) is 37.8 Å². The minimum atomic E-state index is -0.824. The molecule has 0 unspecified atom stereocenters. The molecule has 1 N–H and O–H groups in total. The minimum absolute atomic E-state index is 0.0840. The van der Waals surface area contributed by atoms with E-state index in [4.69, 9.17) is 16.3 Å². The number of aromatic nitrogens is 1. The van der Waals surface area contributed by atoms with Crippen LogP contribution in [-0.2, 0) is 9.53 Å². The number of phenols is 1. The number of carbonyl (C=O) groups excluding carboxylic acids is 1. The van der Waals surface area contributed by atoms with E-state index < -0.39 is 22.5 Å². The molecule has 1 aromatic heterocycles. The van der Waals surface area contributed by atoms with E-state index in [0.29, 0.717) is 21.1 Å². The van der Waals surface area contributed by atoms with Crippen LogP contribution in [0.4, 0.5) is 5.69 Å². The molecule has 180 valence electrons. The van der Waals surface area contributed by atoms with E-state index in [-0.39, 0.29) is 38.2 Å². The fourth-order valence-electron chi connectivity index (χ4n) is 3.71. The lowest BCUT2D eigenvalue weighted by Gasteiger charge is -2.24. The Hall–Kier alpha value is -3.28. The van der Waals surface area contributed by atoms with Gasteiger partial charge in [0, 0.05) is 22.7 Å². The number of fused-ring (bicyclic) bond motifs is 1. The fourth-order valence-corrected chi connectivity index (χ4v) is 5.34. The fraction of sp³-hybridized carbons (Fsp3) is 0.174. The number of hydrogen-bond acceptors (Lipinski definition) is 8. The second-order valence-corrected chi connectivity index (χ2v) is 9.78. The van der Waals surface area contributed by atoms with E-state index >= 15 is 0 Å². The summed E-state index contributed by atoms with van der Waals surface area (Å²) in [5, 5.41) is 22.2. The van der Waals surface area contributed by atoms with Crippen molar-refractivity contribution in [3.63, 3.8) is 0 Å². The highest BCUT2D eigenvalue weighted by molar-refractivity contribution is 9.10. The van der Waals surface area contributed by atoms with Crippen molar-refractivity contribution in [1.29, 1.82) is 0 Å². The number of halogens is 2. The highest BCUT2D eigenvalue weighted by Crippen LogP contribution is 2.34. The molecule has 0 radical (unpaired) electrons. The molecule has 1 aliphatic rings. The number of ether oxygens (including phenoxy) is 1. The molecule has 0 aliphatic carbocycles. The molecule has 1 aliphatic heterocycles. The number of aromatic hydroxyl groups is 1. The summed E-state index contributed by atoms with van der Waals surface area (Å²) in [4.78, 5) is 41.9. The molecule has 0 spiro atoms. The lowest BCUT2D eigenvalue weighted by atomic mass is 9.96. The monoisotopic (exact) mass is 577 g/mol. The van der Waals surface area contributed by atoms with Crippen molar-refractivity contribution in [2.24, 2.45) is 4.99 Å². The number of allylic oxidation sites excluding steroid dienone is 1. The Balaban J connectivity index is 1.98. The van der Waals surface area contributed by atoms with Crippen LogP contribution in [0.25, 0.3) is 6.08 Å². The second kappa shape index (κ2) is 9.76. The molecule has 0 amide bonds. The number of benzene rings is 2. The molecule has 2 heterocycles. The highest BCUT2D eigenvalue weighted by atomic mass is 79.9. The normalized spacial score (nSPS) is 15.5. The topological polar surface area (TPSA) is 124 Å². The van der Waals surface area contributed by atoms with Crippen LogP contribution in [0, 0.1) is 10.1 Å². The van der Waals surface area contributed by atoms with E-state index in [1.807, 2.05) is 0 Å².